The second kappa shape index (κ2) is 6.62. The Bertz CT molecular complexity index is 231. The molecule has 3 nitrogen and oxygen atoms in total. The van der Waals surface area contributed by atoms with Crippen LogP contribution in [-0.4, -0.2) is 31.7 Å². The van der Waals surface area contributed by atoms with Crippen molar-refractivity contribution in [3.05, 3.63) is 0 Å². The minimum atomic E-state index is -1.70. The van der Waals surface area contributed by atoms with Crippen LogP contribution in [0, 0.1) is 0 Å². The van der Waals surface area contributed by atoms with E-state index in [0.29, 0.717) is 18.1 Å². The minimum absolute atomic E-state index is 0.126. The molecule has 0 aromatic carbocycles. The maximum atomic E-state index is 11.7. The first kappa shape index (κ1) is 15.9. The van der Waals surface area contributed by atoms with Crippen LogP contribution in [0.3, 0.4) is 0 Å². The molecule has 0 rings (SSSR count). The Balaban J connectivity index is 4.25. The van der Waals surface area contributed by atoms with Gasteiger partial charge in [-0.15, -0.1) is 11.6 Å². The average molecular weight is 266 g/mol. The van der Waals surface area contributed by atoms with Crippen LogP contribution in [-0.2, 0) is 9.53 Å². The van der Waals surface area contributed by atoms with Gasteiger partial charge in [-0.25, -0.2) is 0 Å². The zero-order valence-corrected chi connectivity index (χ0v) is 12.6. The number of hydrogen-bond donors (Lipinski definition) is 1. The van der Waals surface area contributed by atoms with Gasteiger partial charge in [-0.3, -0.25) is 4.79 Å². The molecule has 0 saturated carbocycles. The average Bonchev–Trinajstić information content (AvgIpc) is 2.11. The van der Waals surface area contributed by atoms with Gasteiger partial charge < -0.3 is 10.5 Å². The predicted octanol–water partition coefficient (Wildman–Crippen LogP) is 2.53. The molecule has 0 aliphatic rings. The van der Waals surface area contributed by atoms with E-state index in [1.54, 1.807) is 0 Å². The van der Waals surface area contributed by atoms with Crippen molar-refractivity contribution in [2.24, 2.45) is 5.73 Å². The number of ether oxygens (including phenoxy) is 1. The number of esters is 1. The molecule has 0 spiro atoms. The Hall–Kier alpha value is -0.0631. The number of hydrogen-bond acceptors (Lipinski definition) is 3. The summed E-state index contributed by atoms with van der Waals surface area (Å²) in [6, 6.07) is 1.49. The minimum Gasteiger partial charge on any atom is -0.460 e. The van der Waals surface area contributed by atoms with Crippen molar-refractivity contribution < 1.29 is 9.53 Å². The fourth-order valence-corrected chi connectivity index (χ4v) is 4.37. The molecule has 0 aromatic heterocycles. The van der Waals surface area contributed by atoms with Crippen molar-refractivity contribution in [1.29, 1.82) is 0 Å². The van der Waals surface area contributed by atoms with Gasteiger partial charge in [0, 0.05) is 11.5 Å². The van der Waals surface area contributed by atoms with Gasteiger partial charge in [0.15, 0.2) is 0 Å². The van der Waals surface area contributed by atoms with E-state index < -0.39 is 13.7 Å². The van der Waals surface area contributed by atoms with Crippen molar-refractivity contribution in [2.45, 2.75) is 51.4 Å². The third kappa shape index (κ3) is 7.25. The zero-order valence-electron chi connectivity index (χ0n) is 10.8. The first-order valence-corrected chi connectivity index (χ1v) is 9.36. The number of carbonyl (C=O) groups excluding carboxylic acids is 1. The molecule has 0 heterocycles. The highest BCUT2D eigenvalue weighted by atomic mass is 35.5. The molecule has 0 aliphatic carbocycles. The van der Waals surface area contributed by atoms with E-state index in [4.69, 9.17) is 22.1 Å². The largest absolute Gasteiger partial charge is 0.460 e. The van der Waals surface area contributed by atoms with Crippen LogP contribution in [0.15, 0.2) is 0 Å². The smallest absolute Gasteiger partial charge is 0.303 e. The number of halogens is 1. The lowest BCUT2D eigenvalue weighted by molar-refractivity contribution is -0.152. The van der Waals surface area contributed by atoms with E-state index in [1.165, 1.54) is 0 Å². The summed E-state index contributed by atoms with van der Waals surface area (Å²) in [4.78, 5) is 11.7. The molecule has 1 unspecified atom stereocenters. The molecule has 2 N–H and O–H groups in total. The monoisotopic (exact) mass is 265 g/mol. The molecule has 0 saturated heterocycles. The van der Waals surface area contributed by atoms with Crippen LogP contribution in [0.25, 0.3) is 0 Å². The maximum Gasteiger partial charge on any atom is 0.303 e. The highest BCUT2D eigenvalue weighted by Gasteiger charge is 2.31. The number of carbonyl (C=O) groups is 1. The second-order valence-corrected chi connectivity index (χ2v) is 11.1. The third-order valence-electron chi connectivity index (χ3n) is 2.30. The summed E-state index contributed by atoms with van der Waals surface area (Å²) < 4.78 is 5.32. The van der Waals surface area contributed by atoms with Crippen LogP contribution >= 0.6 is 11.6 Å². The van der Waals surface area contributed by atoms with Gasteiger partial charge in [-0.05, 0) is 33.7 Å². The summed E-state index contributed by atoms with van der Waals surface area (Å²) >= 11 is 5.97. The lowest BCUT2D eigenvalue weighted by atomic mass is 10.2. The molecule has 0 radical (unpaired) electrons. The van der Waals surface area contributed by atoms with E-state index in [-0.39, 0.29) is 5.97 Å². The molecule has 5 heteroatoms. The standard InChI is InChI=1S/C11H24ClNO2Si/c1-11(2,3)15-10(14)8-16(4,9-12)7-5-6-13/h5-9,13H2,1-4H3. The summed E-state index contributed by atoms with van der Waals surface area (Å²) in [5, 5.41) is 0. The van der Waals surface area contributed by atoms with E-state index in [9.17, 15) is 4.79 Å². The summed E-state index contributed by atoms with van der Waals surface area (Å²) in [6.45, 7) is 8.44. The van der Waals surface area contributed by atoms with Gasteiger partial charge in [0.2, 0.25) is 0 Å². The van der Waals surface area contributed by atoms with Crippen LogP contribution in [0.2, 0.25) is 18.6 Å². The third-order valence-corrected chi connectivity index (χ3v) is 7.58. The molecule has 0 aromatic rings. The van der Waals surface area contributed by atoms with Gasteiger partial charge in [0.25, 0.3) is 0 Å². The quantitative estimate of drug-likeness (QED) is 0.456. The van der Waals surface area contributed by atoms with E-state index in [0.717, 1.165) is 12.5 Å². The van der Waals surface area contributed by atoms with Crippen molar-refractivity contribution in [3.63, 3.8) is 0 Å². The van der Waals surface area contributed by atoms with Gasteiger partial charge in [0.1, 0.15) is 5.60 Å². The fourth-order valence-electron chi connectivity index (χ4n) is 1.46. The normalized spacial score (nSPS) is 15.6. The lowest BCUT2D eigenvalue weighted by Gasteiger charge is -2.26. The Morgan fingerprint density at radius 2 is 2.00 bits per heavy atom. The van der Waals surface area contributed by atoms with Gasteiger partial charge in [0.05, 0.1) is 8.07 Å². The van der Waals surface area contributed by atoms with E-state index in [1.807, 2.05) is 20.8 Å². The van der Waals surface area contributed by atoms with Gasteiger partial charge in [-0.1, -0.05) is 12.6 Å². The molecule has 0 fully saturated rings. The van der Waals surface area contributed by atoms with Crippen LogP contribution < -0.4 is 5.73 Å². The van der Waals surface area contributed by atoms with Crippen molar-refractivity contribution in [3.8, 4) is 0 Å². The van der Waals surface area contributed by atoms with Crippen molar-refractivity contribution in [1.82, 2.24) is 0 Å². The summed E-state index contributed by atoms with van der Waals surface area (Å²) in [5.74, 6) is -0.126. The van der Waals surface area contributed by atoms with Crippen LogP contribution in [0.5, 0.6) is 0 Å². The Morgan fingerprint density at radius 1 is 1.44 bits per heavy atom. The van der Waals surface area contributed by atoms with E-state index >= 15 is 0 Å². The summed E-state index contributed by atoms with van der Waals surface area (Å²) in [6.07, 6.45) is 0.943. The summed E-state index contributed by atoms with van der Waals surface area (Å²) in [7, 11) is -1.70. The molecular weight excluding hydrogens is 242 g/mol. The molecule has 0 aliphatic heterocycles. The Labute approximate surface area is 105 Å². The molecule has 0 bridgehead atoms. The van der Waals surface area contributed by atoms with Crippen molar-refractivity contribution >= 4 is 25.6 Å². The molecule has 0 amide bonds. The van der Waals surface area contributed by atoms with Gasteiger partial charge in [-0.2, -0.15) is 0 Å². The lowest BCUT2D eigenvalue weighted by Crippen LogP contribution is -2.38. The van der Waals surface area contributed by atoms with Crippen LogP contribution in [0.1, 0.15) is 27.2 Å². The number of alkyl halides is 1. The Morgan fingerprint density at radius 3 is 2.38 bits per heavy atom. The molecular formula is C11H24ClNO2Si. The van der Waals surface area contributed by atoms with E-state index in [2.05, 4.69) is 6.55 Å². The van der Waals surface area contributed by atoms with Gasteiger partial charge >= 0.3 is 5.97 Å². The maximum absolute atomic E-state index is 11.7. The topological polar surface area (TPSA) is 52.3 Å². The predicted molar refractivity (Wildman–Crippen MR) is 71.5 cm³/mol. The fraction of sp³-hybridized carbons (Fsp3) is 0.909. The molecule has 1 atom stereocenters. The zero-order chi connectivity index (χ0) is 12.8. The Kier molecular flexibility index (Phi) is 6.59. The highest BCUT2D eigenvalue weighted by Crippen LogP contribution is 2.21. The van der Waals surface area contributed by atoms with Crippen molar-refractivity contribution in [2.75, 3.05) is 12.0 Å². The molecule has 16 heavy (non-hydrogen) atoms. The highest BCUT2D eigenvalue weighted by molar-refractivity contribution is 6.86. The number of rotatable bonds is 6. The second-order valence-electron chi connectivity index (χ2n) is 5.60. The number of nitrogens with two attached hydrogens (primary N) is 1. The van der Waals surface area contributed by atoms with Crippen LogP contribution in [0.4, 0.5) is 0 Å². The first-order valence-electron chi connectivity index (χ1n) is 5.70. The summed E-state index contributed by atoms with van der Waals surface area (Å²) in [5.41, 5.74) is 5.67. The SMILES string of the molecule is CC(C)(C)OC(=O)C[Si](C)(CCl)CCCN. The first-order chi connectivity index (χ1) is 7.22. The molecule has 96 valence electrons.